The molecule has 2 N–H and O–H groups in total. The van der Waals surface area contributed by atoms with Gasteiger partial charge >= 0.3 is 0 Å². The van der Waals surface area contributed by atoms with E-state index in [1.165, 1.54) is 0 Å². The minimum absolute atomic E-state index is 0.494. The van der Waals surface area contributed by atoms with Gasteiger partial charge < -0.3 is 9.94 Å². The smallest absolute Gasteiger partial charge is 0.122 e. The molecule has 78 valence electrons. The molecule has 0 spiro atoms. The standard InChI is InChI=1S/C9H11Cl2NO2/c10-7-4-8(11)6-9(5-7)14-3-1-2-12-13/h4-6,12-13H,1-3H2. The molecule has 0 atom stereocenters. The van der Waals surface area contributed by atoms with E-state index in [1.54, 1.807) is 18.2 Å². The maximum atomic E-state index is 8.30. The summed E-state index contributed by atoms with van der Waals surface area (Å²) in [4.78, 5) is 0. The Morgan fingerprint density at radius 1 is 1.21 bits per heavy atom. The van der Waals surface area contributed by atoms with Gasteiger partial charge in [-0.25, -0.2) is 5.48 Å². The van der Waals surface area contributed by atoms with Crippen LogP contribution in [0.25, 0.3) is 0 Å². The van der Waals surface area contributed by atoms with Crippen LogP contribution in [0.1, 0.15) is 6.42 Å². The number of hydrogen-bond donors (Lipinski definition) is 2. The fraction of sp³-hybridized carbons (Fsp3) is 0.333. The summed E-state index contributed by atoms with van der Waals surface area (Å²) in [5, 5.41) is 9.40. The topological polar surface area (TPSA) is 41.5 Å². The van der Waals surface area contributed by atoms with Crippen molar-refractivity contribution >= 4 is 23.2 Å². The molecule has 5 heteroatoms. The summed E-state index contributed by atoms with van der Waals surface area (Å²) in [6, 6.07) is 5.03. The van der Waals surface area contributed by atoms with Crippen LogP contribution in [0.3, 0.4) is 0 Å². The first kappa shape index (κ1) is 11.6. The highest BCUT2D eigenvalue weighted by molar-refractivity contribution is 6.34. The number of hydroxylamine groups is 1. The van der Waals surface area contributed by atoms with Crippen molar-refractivity contribution in [2.45, 2.75) is 6.42 Å². The van der Waals surface area contributed by atoms with Crippen LogP contribution in [0.5, 0.6) is 5.75 Å². The Labute approximate surface area is 92.5 Å². The van der Waals surface area contributed by atoms with E-state index in [4.69, 9.17) is 33.1 Å². The maximum Gasteiger partial charge on any atom is 0.122 e. The van der Waals surface area contributed by atoms with Crippen molar-refractivity contribution in [2.75, 3.05) is 13.2 Å². The molecule has 1 rings (SSSR count). The quantitative estimate of drug-likeness (QED) is 0.610. The molecule has 0 saturated carbocycles. The van der Waals surface area contributed by atoms with E-state index in [-0.39, 0.29) is 0 Å². The Morgan fingerprint density at radius 3 is 2.43 bits per heavy atom. The highest BCUT2D eigenvalue weighted by atomic mass is 35.5. The summed E-state index contributed by atoms with van der Waals surface area (Å²) < 4.78 is 5.35. The summed E-state index contributed by atoms with van der Waals surface area (Å²) in [6.07, 6.45) is 0.709. The number of nitrogens with one attached hydrogen (secondary N) is 1. The first-order valence-corrected chi connectivity index (χ1v) is 4.94. The molecule has 0 unspecified atom stereocenters. The molecule has 0 fully saturated rings. The summed E-state index contributed by atoms with van der Waals surface area (Å²) in [5.74, 6) is 0.639. The molecular weight excluding hydrogens is 225 g/mol. The van der Waals surface area contributed by atoms with E-state index in [1.807, 2.05) is 5.48 Å². The van der Waals surface area contributed by atoms with Crippen molar-refractivity contribution in [1.82, 2.24) is 5.48 Å². The van der Waals surface area contributed by atoms with E-state index < -0.39 is 0 Å². The molecule has 0 aromatic heterocycles. The van der Waals surface area contributed by atoms with Gasteiger partial charge in [-0.1, -0.05) is 23.2 Å². The zero-order chi connectivity index (χ0) is 10.4. The van der Waals surface area contributed by atoms with Gasteiger partial charge in [-0.3, -0.25) is 0 Å². The Balaban J connectivity index is 2.42. The van der Waals surface area contributed by atoms with E-state index in [0.29, 0.717) is 35.4 Å². The highest BCUT2D eigenvalue weighted by Crippen LogP contribution is 2.24. The molecular formula is C9H11Cl2NO2. The molecule has 0 aliphatic heterocycles. The predicted octanol–water partition coefficient (Wildman–Crippen LogP) is 2.74. The molecule has 1 aromatic rings. The molecule has 0 aliphatic carbocycles. The van der Waals surface area contributed by atoms with Crippen molar-refractivity contribution in [3.8, 4) is 5.75 Å². The Kier molecular flexibility index (Phi) is 5.04. The van der Waals surface area contributed by atoms with Crippen molar-refractivity contribution in [3.05, 3.63) is 28.2 Å². The van der Waals surface area contributed by atoms with Crippen LogP contribution >= 0.6 is 23.2 Å². The van der Waals surface area contributed by atoms with Crippen LogP contribution in [0.15, 0.2) is 18.2 Å². The van der Waals surface area contributed by atoms with E-state index in [9.17, 15) is 0 Å². The third-order valence-corrected chi connectivity index (χ3v) is 1.97. The summed E-state index contributed by atoms with van der Waals surface area (Å²) in [5.41, 5.74) is 2.04. The second-order valence-corrected chi connectivity index (χ2v) is 3.59. The van der Waals surface area contributed by atoms with Gasteiger partial charge in [0.25, 0.3) is 0 Å². The van der Waals surface area contributed by atoms with Crippen LogP contribution in [0.2, 0.25) is 10.0 Å². The molecule has 0 saturated heterocycles. The zero-order valence-electron chi connectivity index (χ0n) is 7.46. The molecule has 0 bridgehead atoms. The van der Waals surface area contributed by atoms with Crippen LogP contribution in [0.4, 0.5) is 0 Å². The van der Waals surface area contributed by atoms with Crippen molar-refractivity contribution < 1.29 is 9.94 Å². The van der Waals surface area contributed by atoms with Crippen molar-refractivity contribution in [1.29, 1.82) is 0 Å². The largest absolute Gasteiger partial charge is 0.493 e. The zero-order valence-corrected chi connectivity index (χ0v) is 8.98. The fourth-order valence-corrected chi connectivity index (χ4v) is 1.46. The van der Waals surface area contributed by atoms with Gasteiger partial charge in [0, 0.05) is 16.6 Å². The van der Waals surface area contributed by atoms with E-state index in [2.05, 4.69) is 0 Å². The second-order valence-electron chi connectivity index (χ2n) is 2.72. The van der Waals surface area contributed by atoms with Crippen LogP contribution < -0.4 is 10.2 Å². The van der Waals surface area contributed by atoms with Gasteiger partial charge in [0.2, 0.25) is 0 Å². The SMILES string of the molecule is ONCCCOc1cc(Cl)cc(Cl)c1. The maximum absolute atomic E-state index is 8.30. The normalized spacial score (nSPS) is 10.2. The molecule has 0 amide bonds. The summed E-state index contributed by atoms with van der Waals surface area (Å²) in [6.45, 7) is 0.999. The first-order valence-electron chi connectivity index (χ1n) is 4.18. The van der Waals surface area contributed by atoms with Gasteiger partial charge in [0.1, 0.15) is 5.75 Å². The fourth-order valence-electron chi connectivity index (χ4n) is 0.953. The molecule has 0 radical (unpaired) electrons. The van der Waals surface area contributed by atoms with Gasteiger partial charge in [-0.2, -0.15) is 0 Å². The van der Waals surface area contributed by atoms with Crippen molar-refractivity contribution in [2.24, 2.45) is 0 Å². The average Bonchev–Trinajstić information content (AvgIpc) is 2.11. The summed E-state index contributed by atoms with van der Waals surface area (Å²) in [7, 11) is 0. The lowest BCUT2D eigenvalue weighted by atomic mass is 10.3. The van der Waals surface area contributed by atoms with Gasteiger partial charge in [-0.15, -0.1) is 0 Å². The van der Waals surface area contributed by atoms with Crippen LogP contribution in [-0.4, -0.2) is 18.4 Å². The van der Waals surface area contributed by atoms with E-state index >= 15 is 0 Å². The summed E-state index contributed by atoms with van der Waals surface area (Å²) >= 11 is 11.5. The number of ether oxygens (including phenoxy) is 1. The molecule has 0 heterocycles. The van der Waals surface area contributed by atoms with Crippen LogP contribution in [0, 0.1) is 0 Å². The molecule has 0 aliphatic rings. The Morgan fingerprint density at radius 2 is 1.86 bits per heavy atom. The van der Waals surface area contributed by atoms with Gasteiger partial charge in [0.15, 0.2) is 0 Å². The first-order chi connectivity index (χ1) is 6.72. The minimum Gasteiger partial charge on any atom is -0.493 e. The highest BCUT2D eigenvalue weighted by Gasteiger charge is 1.98. The molecule has 14 heavy (non-hydrogen) atoms. The second kappa shape index (κ2) is 6.09. The monoisotopic (exact) mass is 235 g/mol. The number of rotatable bonds is 5. The predicted molar refractivity (Wildman–Crippen MR) is 56.4 cm³/mol. The lowest BCUT2D eigenvalue weighted by Gasteiger charge is -2.06. The lowest BCUT2D eigenvalue weighted by molar-refractivity contribution is 0.157. The Bertz CT molecular complexity index is 274. The van der Waals surface area contributed by atoms with Crippen LogP contribution in [-0.2, 0) is 0 Å². The van der Waals surface area contributed by atoms with Gasteiger partial charge in [0.05, 0.1) is 6.61 Å². The number of hydrogen-bond acceptors (Lipinski definition) is 3. The third-order valence-electron chi connectivity index (χ3n) is 1.54. The average molecular weight is 236 g/mol. The third kappa shape index (κ3) is 4.15. The molecule has 1 aromatic carbocycles. The Hall–Kier alpha value is -0.480. The minimum atomic E-state index is 0.494. The van der Waals surface area contributed by atoms with E-state index in [0.717, 1.165) is 0 Å². The van der Waals surface area contributed by atoms with Gasteiger partial charge in [-0.05, 0) is 24.6 Å². The lowest BCUT2D eigenvalue weighted by Crippen LogP contribution is -2.12. The van der Waals surface area contributed by atoms with Crippen molar-refractivity contribution in [3.63, 3.8) is 0 Å². The number of benzene rings is 1. The molecule has 3 nitrogen and oxygen atoms in total. The number of halogens is 2.